The molecule has 23 heavy (non-hydrogen) atoms. The van der Waals surface area contributed by atoms with Gasteiger partial charge in [-0.05, 0) is 51.5 Å². The van der Waals surface area contributed by atoms with Crippen LogP contribution in [0.2, 0.25) is 0 Å². The van der Waals surface area contributed by atoms with Gasteiger partial charge in [-0.3, -0.25) is 4.79 Å². The summed E-state index contributed by atoms with van der Waals surface area (Å²) in [4.78, 5) is 11.4. The molecule has 0 N–H and O–H groups in total. The minimum Gasteiger partial charge on any atom is -0.300 e. The molecule has 0 amide bonds. The van der Waals surface area contributed by atoms with Crippen LogP contribution in [-0.2, 0) is 21.0 Å². The number of hydrogen-bond donors (Lipinski definition) is 0. The zero-order valence-corrected chi connectivity index (χ0v) is 14.0. The van der Waals surface area contributed by atoms with Crippen molar-refractivity contribution in [1.29, 1.82) is 0 Å². The maximum Gasteiger partial charge on any atom is 0.416 e. The van der Waals surface area contributed by atoms with Crippen molar-refractivity contribution in [1.82, 2.24) is 4.31 Å². The monoisotopic (exact) mass is 349 g/mol. The fraction of sp³-hybridized carbons (Fsp3) is 0.533. The Kier molecular flexibility index (Phi) is 4.14. The average Bonchev–Trinajstić information content (AvgIpc) is 2.55. The van der Waals surface area contributed by atoms with Gasteiger partial charge >= 0.3 is 6.18 Å². The van der Waals surface area contributed by atoms with Gasteiger partial charge in [0.25, 0.3) is 0 Å². The topological polar surface area (TPSA) is 54.5 Å². The number of carbonyl (C=O) groups excluding carboxylic acids is 1. The predicted molar refractivity (Wildman–Crippen MR) is 78.3 cm³/mol. The molecule has 0 radical (unpaired) electrons. The number of nitrogens with zero attached hydrogens (tertiary/aromatic N) is 1. The van der Waals surface area contributed by atoms with Crippen molar-refractivity contribution in [3.63, 3.8) is 0 Å². The van der Waals surface area contributed by atoms with E-state index in [4.69, 9.17) is 0 Å². The average molecular weight is 349 g/mol. The van der Waals surface area contributed by atoms with Crippen LogP contribution in [-0.4, -0.2) is 24.0 Å². The van der Waals surface area contributed by atoms with Gasteiger partial charge in [0.15, 0.2) is 0 Å². The summed E-state index contributed by atoms with van der Waals surface area (Å²) in [7, 11) is -3.95. The molecule has 1 aromatic carbocycles. The van der Waals surface area contributed by atoms with Gasteiger partial charge in [0.2, 0.25) is 10.0 Å². The highest BCUT2D eigenvalue weighted by atomic mass is 32.2. The summed E-state index contributed by atoms with van der Waals surface area (Å²) in [6.07, 6.45) is -4.74. The number of sulfonamides is 1. The number of carbonyl (C=O) groups is 1. The number of hydrogen-bond acceptors (Lipinski definition) is 3. The van der Waals surface area contributed by atoms with Gasteiger partial charge in [-0.1, -0.05) is 0 Å². The van der Waals surface area contributed by atoms with Crippen LogP contribution in [0.5, 0.6) is 0 Å². The second-order valence-electron chi connectivity index (χ2n) is 6.64. The van der Waals surface area contributed by atoms with Crippen LogP contribution in [0.4, 0.5) is 13.2 Å². The number of ketones is 1. The molecule has 1 atom stereocenters. The molecule has 128 valence electrons. The Labute approximate surface area is 133 Å². The van der Waals surface area contributed by atoms with Crippen molar-refractivity contribution >= 4 is 15.8 Å². The molecular formula is C15H18F3NO3S. The van der Waals surface area contributed by atoms with Gasteiger partial charge in [-0.15, -0.1) is 0 Å². The number of halogens is 3. The van der Waals surface area contributed by atoms with Gasteiger partial charge in [0, 0.05) is 12.0 Å². The maximum absolute atomic E-state index is 12.9. The fourth-order valence-corrected chi connectivity index (χ4v) is 5.10. The summed E-state index contributed by atoms with van der Waals surface area (Å²) >= 11 is 0. The lowest BCUT2D eigenvalue weighted by Gasteiger charge is -2.35. The first-order chi connectivity index (χ1) is 10.3. The second kappa shape index (κ2) is 5.31. The third kappa shape index (κ3) is 3.14. The van der Waals surface area contributed by atoms with Crippen LogP contribution in [0.3, 0.4) is 0 Å². The van der Waals surface area contributed by atoms with E-state index < -0.39 is 33.3 Å². The number of Topliss-reactive ketones (excluding diaryl/α,β-unsaturated/α-hetero) is 1. The van der Waals surface area contributed by atoms with Crippen LogP contribution in [0.25, 0.3) is 0 Å². The fourth-order valence-electron chi connectivity index (χ4n) is 2.91. The van der Waals surface area contributed by atoms with E-state index in [-0.39, 0.29) is 22.7 Å². The predicted octanol–water partition coefficient (Wildman–Crippen LogP) is 3.53. The van der Waals surface area contributed by atoms with Crippen LogP contribution >= 0.6 is 0 Å². The van der Waals surface area contributed by atoms with Crippen molar-refractivity contribution in [2.24, 2.45) is 0 Å². The Balaban J connectivity index is 2.71. The number of rotatable bonds is 2. The molecule has 0 saturated carbocycles. The largest absolute Gasteiger partial charge is 0.416 e. The Morgan fingerprint density at radius 1 is 1.22 bits per heavy atom. The third-order valence-corrected chi connectivity index (χ3v) is 5.91. The lowest BCUT2D eigenvalue weighted by molar-refractivity contribution is -0.137. The second-order valence-corrected chi connectivity index (χ2v) is 8.43. The van der Waals surface area contributed by atoms with Gasteiger partial charge < -0.3 is 0 Å². The Hall–Kier alpha value is -1.41. The van der Waals surface area contributed by atoms with E-state index in [9.17, 15) is 26.4 Å². The van der Waals surface area contributed by atoms with Gasteiger partial charge in [0.05, 0.1) is 16.5 Å². The first-order valence-corrected chi connectivity index (χ1v) is 8.45. The molecule has 0 spiro atoms. The lowest BCUT2D eigenvalue weighted by Crippen LogP contribution is -2.44. The first-order valence-electron chi connectivity index (χ1n) is 7.01. The summed E-state index contributed by atoms with van der Waals surface area (Å²) in [5.74, 6) is -0.287. The summed E-state index contributed by atoms with van der Waals surface area (Å²) < 4.78 is 65.4. The Morgan fingerprint density at radius 2 is 1.78 bits per heavy atom. The highest BCUT2D eigenvalue weighted by molar-refractivity contribution is 7.89. The van der Waals surface area contributed by atoms with E-state index in [1.54, 1.807) is 20.8 Å². The first kappa shape index (κ1) is 17.9. The standard InChI is InChI=1S/C15H18F3NO3S/c1-9(20)7-12-11-8-10(15(16,17)18)5-6-13(11)23(21,22)19(12)14(2,3)4/h5-6,8,12H,7H2,1-4H3/t12-/m0/s1. The molecule has 0 aromatic heterocycles. The van der Waals surface area contributed by atoms with Gasteiger partial charge in [0.1, 0.15) is 5.78 Å². The smallest absolute Gasteiger partial charge is 0.300 e. The molecule has 1 heterocycles. The van der Waals surface area contributed by atoms with E-state index in [1.807, 2.05) is 0 Å². The molecule has 8 heteroatoms. The van der Waals surface area contributed by atoms with E-state index in [0.717, 1.165) is 22.5 Å². The van der Waals surface area contributed by atoms with Crippen LogP contribution in [0.1, 0.15) is 51.3 Å². The molecule has 0 fully saturated rings. The van der Waals surface area contributed by atoms with Crippen LogP contribution in [0, 0.1) is 0 Å². The zero-order valence-electron chi connectivity index (χ0n) is 13.2. The molecule has 0 aliphatic carbocycles. The van der Waals surface area contributed by atoms with Crippen LogP contribution in [0.15, 0.2) is 23.1 Å². The van der Waals surface area contributed by atoms with Crippen molar-refractivity contribution < 1.29 is 26.4 Å². The Bertz CT molecular complexity index is 748. The van der Waals surface area contributed by atoms with Crippen molar-refractivity contribution in [2.45, 2.75) is 56.8 Å². The van der Waals surface area contributed by atoms with Crippen molar-refractivity contribution in [2.75, 3.05) is 0 Å². The quantitative estimate of drug-likeness (QED) is 0.821. The summed E-state index contributed by atoms with van der Waals surface area (Å²) in [6.45, 7) is 6.23. The Morgan fingerprint density at radius 3 is 2.22 bits per heavy atom. The SMILES string of the molecule is CC(=O)C[C@H]1c2cc(C(F)(F)F)ccc2S(=O)(=O)N1C(C)(C)C. The normalized spacial score (nSPS) is 21.3. The molecule has 4 nitrogen and oxygen atoms in total. The molecule has 1 aliphatic heterocycles. The molecule has 0 saturated heterocycles. The van der Waals surface area contributed by atoms with Crippen molar-refractivity contribution in [3.8, 4) is 0 Å². The highest BCUT2D eigenvalue weighted by Crippen LogP contribution is 2.47. The van der Waals surface area contributed by atoms with E-state index in [1.165, 1.54) is 6.92 Å². The van der Waals surface area contributed by atoms with E-state index in [2.05, 4.69) is 0 Å². The van der Waals surface area contributed by atoms with Crippen molar-refractivity contribution in [3.05, 3.63) is 29.3 Å². The summed E-state index contributed by atoms with van der Waals surface area (Å²) in [6, 6.07) is 1.65. The molecule has 2 rings (SSSR count). The molecular weight excluding hydrogens is 331 g/mol. The minimum absolute atomic E-state index is 0.0324. The molecule has 0 unspecified atom stereocenters. The van der Waals surface area contributed by atoms with E-state index >= 15 is 0 Å². The number of fused-ring (bicyclic) bond motifs is 1. The zero-order chi connectivity index (χ0) is 17.8. The number of benzene rings is 1. The summed E-state index contributed by atoms with van der Waals surface area (Å²) in [5.41, 5.74) is -1.75. The lowest BCUT2D eigenvalue weighted by atomic mass is 9.96. The minimum atomic E-state index is -4.57. The van der Waals surface area contributed by atoms with Gasteiger partial charge in [-0.2, -0.15) is 17.5 Å². The summed E-state index contributed by atoms with van der Waals surface area (Å²) in [5, 5.41) is 0. The van der Waals surface area contributed by atoms with E-state index in [0.29, 0.717) is 0 Å². The molecule has 0 bridgehead atoms. The van der Waals surface area contributed by atoms with Crippen LogP contribution < -0.4 is 0 Å². The molecule has 1 aromatic rings. The molecule has 1 aliphatic rings. The highest BCUT2D eigenvalue weighted by Gasteiger charge is 2.49. The van der Waals surface area contributed by atoms with Gasteiger partial charge in [-0.25, -0.2) is 8.42 Å². The number of alkyl halides is 3. The maximum atomic E-state index is 12.9. The third-order valence-electron chi connectivity index (χ3n) is 3.66.